The number of ether oxygens (including phenoxy) is 2. The number of carbonyl (C=O) groups excluding carboxylic acids is 3. The Kier molecular flexibility index (Phi) is 5.76. The number of amides is 2. The van der Waals surface area contributed by atoms with Gasteiger partial charge in [0.2, 0.25) is 10.9 Å². The first-order valence-corrected chi connectivity index (χ1v) is 10.2. The van der Waals surface area contributed by atoms with Crippen molar-refractivity contribution in [3.05, 3.63) is 63.7 Å². The molecule has 2 aliphatic rings. The van der Waals surface area contributed by atoms with Gasteiger partial charge in [-0.25, -0.2) is 0 Å². The predicted molar refractivity (Wildman–Crippen MR) is 110 cm³/mol. The summed E-state index contributed by atoms with van der Waals surface area (Å²) in [4.78, 5) is 47.4. The Morgan fingerprint density at radius 1 is 1.19 bits per heavy atom. The third-order valence-electron chi connectivity index (χ3n) is 4.84. The number of hydrogen-bond donors (Lipinski definition) is 1. The van der Waals surface area contributed by atoms with Crippen LogP contribution in [0.5, 0.6) is 11.5 Å². The summed E-state index contributed by atoms with van der Waals surface area (Å²) in [6, 6.07) is 10.8. The lowest BCUT2D eigenvalue weighted by molar-refractivity contribution is -0.386. The normalized spacial score (nSPS) is 17.7. The van der Waals surface area contributed by atoms with Gasteiger partial charge in [0.1, 0.15) is 18.4 Å². The minimum absolute atomic E-state index is 0.0133. The Bertz CT molecular complexity index is 1060. The van der Waals surface area contributed by atoms with Crippen LogP contribution in [0.25, 0.3) is 0 Å². The van der Waals surface area contributed by atoms with Gasteiger partial charge in [-0.2, -0.15) is 0 Å². The third-order valence-corrected chi connectivity index (χ3v) is 5.63. The van der Waals surface area contributed by atoms with E-state index in [1.54, 1.807) is 12.1 Å². The first-order valence-electron chi connectivity index (χ1n) is 9.36. The van der Waals surface area contributed by atoms with Crippen LogP contribution >= 0.6 is 11.8 Å². The van der Waals surface area contributed by atoms with Crippen molar-refractivity contribution in [2.24, 2.45) is 0 Å². The van der Waals surface area contributed by atoms with Gasteiger partial charge in [-0.3, -0.25) is 24.5 Å². The van der Waals surface area contributed by atoms with Gasteiger partial charge in [0.05, 0.1) is 17.0 Å². The molecule has 0 saturated carbocycles. The number of para-hydroxylation sites is 1. The van der Waals surface area contributed by atoms with E-state index in [1.807, 2.05) is 12.1 Å². The zero-order valence-corrected chi connectivity index (χ0v) is 16.9. The van der Waals surface area contributed by atoms with Gasteiger partial charge in [-0.05, 0) is 23.8 Å². The molecule has 0 aromatic heterocycles. The molecule has 10 nitrogen and oxygen atoms in total. The zero-order valence-electron chi connectivity index (χ0n) is 16.1. The number of hydrogen-bond acceptors (Lipinski definition) is 8. The maximum absolute atomic E-state index is 12.6. The van der Waals surface area contributed by atoms with Crippen molar-refractivity contribution in [2.45, 2.75) is 12.5 Å². The number of carbonyl (C=O) groups is 3. The first kappa shape index (κ1) is 20.7. The van der Waals surface area contributed by atoms with Crippen molar-refractivity contribution in [2.75, 3.05) is 19.9 Å². The Morgan fingerprint density at radius 3 is 2.65 bits per heavy atom. The van der Waals surface area contributed by atoms with Crippen LogP contribution in [0.3, 0.4) is 0 Å². The van der Waals surface area contributed by atoms with Crippen molar-refractivity contribution < 1.29 is 28.8 Å². The molecular weight excluding hydrogens is 426 g/mol. The number of nitrogens with one attached hydrogen (secondary N) is 1. The topological polar surface area (TPSA) is 128 Å². The largest absolute Gasteiger partial charge is 0.492 e. The highest BCUT2D eigenvalue weighted by atomic mass is 32.2. The van der Waals surface area contributed by atoms with Crippen molar-refractivity contribution in [1.29, 1.82) is 0 Å². The van der Waals surface area contributed by atoms with E-state index < -0.39 is 11.0 Å². The van der Waals surface area contributed by atoms with Gasteiger partial charge in [-0.1, -0.05) is 18.2 Å². The second kappa shape index (κ2) is 8.64. The minimum atomic E-state index is -0.579. The van der Waals surface area contributed by atoms with E-state index in [0.717, 1.165) is 5.56 Å². The Morgan fingerprint density at radius 2 is 1.97 bits per heavy atom. The zero-order chi connectivity index (χ0) is 22.0. The molecule has 0 radical (unpaired) electrons. The van der Waals surface area contributed by atoms with Gasteiger partial charge in [0.15, 0.2) is 6.73 Å². The molecule has 2 amide bonds. The summed E-state index contributed by atoms with van der Waals surface area (Å²) < 4.78 is 11.1. The third kappa shape index (κ3) is 4.45. The summed E-state index contributed by atoms with van der Waals surface area (Å²) in [6.45, 7) is 0.340. The van der Waals surface area contributed by atoms with Crippen LogP contribution in [0.2, 0.25) is 0 Å². The Hall–Kier alpha value is -3.60. The first-order chi connectivity index (χ1) is 14.9. The summed E-state index contributed by atoms with van der Waals surface area (Å²) in [5, 5.41) is 13.2. The molecule has 2 aromatic carbocycles. The van der Waals surface area contributed by atoms with Crippen molar-refractivity contribution in [3.8, 4) is 11.5 Å². The molecule has 1 N–H and O–H groups in total. The van der Waals surface area contributed by atoms with Crippen LogP contribution in [0.4, 0.5) is 10.5 Å². The van der Waals surface area contributed by atoms with Crippen LogP contribution in [0.1, 0.15) is 15.9 Å². The number of fused-ring (bicyclic) bond motifs is 1. The smallest absolute Gasteiger partial charge is 0.311 e. The number of benzene rings is 2. The molecule has 0 spiro atoms. The lowest BCUT2D eigenvalue weighted by Crippen LogP contribution is -2.41. The average Bonchev–Trinajstić information content (AvgIpc) is 3.07. The van der Waals surface area contributed by atoms with Gasteiger partial charge in [0.25, 0.3) is 11.1 Å². The van der Waals surface area contributed by atoms with Crippen LogP contribution in [-0.4, -0.2) is 52.0 Å². The van der Waals surface area contributed by atoms with E-state index >= 15 is 0 Å². The monoisotopic (exact) mass is 443 g/mol. The summed E-state index contributed by atoms with van der Waals surface area (Å²) in [6.07, 6.45) is 0.406. The van der Waals surface area contributed by atoms with Crippen LogP contribution in [0, 0.1) is 10.1 Å². The second-order valence-electron chi connectivity index (χ2n) is 6.85. The molecular formula is C20H17N3O7S. The van der Waals surface area contributed by atoms with Gasteiger partial charge >= 0.3 is 5.69 Å². The summed E-state index contributed by atoms with van der Waals surface area (Å²) in [7, 11) is 0. The van der Waals surface area contributed by atoms with E-state index in [-0.39, 0.29) is 53.1 Å². The summed E-state index contributed by atoms with van der Waals surface area (Å²) in [5.74, 6) is 0.215. The molecule has 4 rings (SSSR count). The van der Waals surface area contributed by atoms with Gasteiger partial charge in [-0.15, -0.1) is 0 Å². The van der Waals surface area contributed by atoms with E-state index in [2.05, 4.69) is 5.32 Å². The van der Waals surface area contributed by atoms with E-state index in [0.29, 0.717) is 23.9 Å². The molecule has 0 bridgehead atoms. The Labute approximate surface area is 180 Å². The molecule has 1 fully saturated rings. The maximum Gasteiger partial charge on any atom is 0.311 e. The molecule has 11 heteroatoms. The quantitative estimate of drug-likeness (QED) is 0.510. The molecule has 31 heavy (non-hydrogen) atoms. The van der Waals surface area contributed by atoms with E-state index in [9.17, 15) is 24.5 Å². The van der Waals surface area contributed by atoms with E-state index in [4.69, 9.17) is 9.47 Å². The average molecular weight is 443 g/mol. The van der Waals surface area contributed by atoms with E-state index in [1.165, 1.54) is 23.1 Å². The van der Waals surface area contributed by atoms with Crippen molar-refractivity contribution in [1.82, 2.24) is 10.2 Å². The molecule has 0 aliphatic carbocycles. The maximum atomic E-state index is 12.6. The fourth-order valence-electron chi connectivity index (χ4n) is 3.28. The summed E-state index contributed by atoms with van der Waals surface area (Å²) in [5.41, 5.74) is 0.794. The number of thioether (sulfide) groups is 1. The van der Waals surface area contributed by atoms with Crippen molar-refractivity contribution >= 4 is 33.7 Å². The highest BCUT2D eigenvalue weighted by Gasteiger charge is 2.32. The molecule has 2 aromatic rings. The van der Waals surface area contributed by atoms with Crippen LogP contribution in [-0.2, 0) is 11.2 Å². The molecule has 1 unspecified atom stereocenters. The molecule has 2 heterocycles. The lowest BCUT2D eigenvalue weighted by atomic mass is 10.1. The second-order valence-corrected chi connectivity index (χ2v) is 7.83. The molecule has 1 saturated heterocycles. The van der Waals surface area contributed by atoms with Crippen LogP contribution < -0.4 is 14.8 Å². The standard InChI is InChI=1S/C20H17N3O7S/c24-18-14-2-1-3-16(23(27)28)17(14)30-11-22(18)8-9-29-13-6-4-12(5-7-13)10-15-19(25)31-20(26)21-15/h1-7,15H,8-11H2,(H,21,26). The fourth-order valence-corrected chi connectivity index (χ4v) is 3.95. The number of nitro groups is 1. The number of nitro benzene ring substituents is 1. The predicted octanol–water partition coefficient (Wildman–Crippen LogP) is 2.36. The highest BCUT2D eigenvalue weighted by Crippen LogP contribution is 2.34. The van der Waals surface area contributed by atoms with Crippen molar-refractivity contribution in [3.63, 3.8) is 0 Å². The summed E-state index contributed by atoms with van der Waals surface area (Å²) >= 11 is 0.684. The lowest BCUT2D eigenvalue weighted by Gasteiger charge is -2.28. The molecule has 1 atom stereocenters. The minimum Gasteiger partial charge on any atom is -0.492 e. The highest BCUT2D eigenvalue weighted by molar-refractivity contribution is 8.26. The number of nitrogens with zero attached hydrogens (tertiary/aromatic N) is 2. The Balaban J connectivity index is 1.30. The SMILES string of the molecule is O=C1NC(Cc2ccc(OCCN3COc4c(cccc4[N+](=O)[O-])C3=O)cc2)C(=O)S1. The van der Waals surface area contributed by atoms with Gasteiger partial charge < -0.3 is 19.7 Å². The van der Waals surface area contributed by atoms with Crippen LogP contribution in [0.15, 0.2) is 42.5 Å². The molecule has 2 aliphatic heterocycles. The number of rotatable bonds is 7. The molecule has 160 valence electrons. The van der Waals surface area contributed by atoms with Gasteiger partial charge in [0, 0.05) is 24.2 Å². The fraction of sp³-hybridized carbons (Fsp3) is 0.250.